The molecule has 0 radical (unpaired) electrons. The first-order chi connectivity index (χ1) is 16.0. The number of piperidine rings is 1. The van der Waals surface area contributed by atoms with E-state index in [-0.39, 0.29) is 17.3 Å². The second-order valence-electron chi connectivity index (χ2n) is 9.80. The maximum Gasteiger partial charge on any atom is 0.291 e. The minimum Gasteiger partial charge on any atom is -0.335 e. The molecule has 1 aromatic carbocycles. The van der Waals surface area contributed by atoms with Gasteiger partial charge >= 0.3 is 0 Å². The first-order valence-corrected chi connectivity index (χ1v) is 12.1. The molecule has 1 amide bonds. The molecular weight excluding hydrogens is 421 g/mol. The number of hydrogen-bond acceptors (Lipinski definition) is 6. The first kappa shape index (κ1) is 22.4. The van der Waals surface area contributed by atoms with Crippen molar-refractivity contribution < 1.29 is 9.18 Å². The highest BCUT2D eigenvalue weighted by atomic mass is 19.1. The highest BCUT2D eigenvalue weighted by Gasteiger charge is 2.47. The molecule has 0 unspecified atom stereocenters. The first-order valence-electron chi connectivity index (χ1n) is 12.1. The van der Waals surface area contributed by atoms with Crippen LogP contribution in [-0.2, 0) is 18.6 Å². The average molecular weight is 456 g/mol. The highest BCUT2D eigenvalue weighted by molar-refractivity contribution is 5.90. The Morgan fingerprint density at radius 3 is 2.45 bits per heavy atom. The number of benzene rings is 1. The van der Waals surface area contributed by atoms with Gasteiger partial charge in [-0.15, -0.1) is 10.2 Å². The van der Waals surface area contributed by atoms with Gasteiger partial charge in [0.2, 0.25) is 5.82 Å². The summed E-state index contributed by atoms with van der Waals surface area (Å²) in [5, 5.41) is 9.04. The molecule has 0 N–H and O–H groups in total. The smallest absolute Gasteiger partial charge is 0.291 e. The number of hydrogen-bond donors (Lipinski definition) is 0. The lowest BCUT2D eigenvalue weighted by atomic mass is 9.83. The van der Waals surface area contributed by atoms with Crippen LogP contribution in [0.15, 0.2) is 24.3 Å². The molecule has 4 heterocycles. The van der Waals surface area contributed by atoms with Crippen molar-refractivity contribution in [2.24, 2.45) is 0 Å². The number of aromatic nitrogens is 3. The maximum absolute atomic E-state index is 13.4. The van der Waals surface area contributed by atoms with E-state index in [9.17, 15) is 9.18 Å². The normalized spacial score (nSPS) is 22.3. The lowest BCUT2D eigenvalue weighted by molar-refractivity contribution is 0.00594. The Morgan fingerprint density at radius 1 is 0.939 bits per heavy atom. The van der Waals surface area contributed by atoms with E-state index in [0.29, 0.717) is 5.82 Å². The van der Waals surface area contributed by atoms with Gasteiger partial charge in [0.05, 0.1) is 5.54 Å². The Hall–Kier alpha value is -2.36. The van der Waals surface area contributed by atoms with Gasteiger partial charge in [-0.05, 0) is 57.6 Å². The summed E-state index contributed by atoms with van der Waals surface area (Å²) in [6, 6.07) is 6.78. The van der Waals surface area contributed by atoms with Gasteiger partial charge in [0.15, 0.2) is 5.82 Å². The van der Waals surface area contributed by atoms with Crippen LogP contribution < -0.4 is 0 Å². The summed E-state index contributed by atoms with van der Waals surface area (Å²) in [7, 11) is 4.27. The number of nitrogens with zero attached hydrogens (tertiary/aromatic N) is 7. The second-order valence-corrected chi connectivity index (χ2v) is 9.80. The van der Waals surface area contributed by atoms with E-state index in [2.05, 4.69) is 43.6 Å². The van der Waals surface area contributed by atoms with Crippen LogP contribution >= 0.6 is 0 Å². The molecule has 1 aromatic heterocycles. The van der Waals surface area contributed by atoms with E-state index in [1.165, 1.54) is 12.1 Å². The SMILES string of the molecule is CN1CCCN(C(=O)c2nnc3n2CCN(C)C32CCN(Cc3ccc(F)cc3)CC2)CC1. The number of fused-ring (bicyclic) bond motifs is 2. The van der Waals surface area contributed by atoms with Crippen molar-refractivity contribution in [3.63, 3.8) is 0 Å². The van der Waals surface area contributed by atoms with Gasteiger partial charge in [-0.2, -0.15) is 0 Å². The summed E-state index contributed by atoms with van der Waals surface area (Å²) < 4.78 is 15.3. The molecule has 0 aliphatic carbocycles. The van der Waals surface area contributed by atoms with E-state index in [0.717, 1.165) is 89.6 Å². The summed E-state index contributed by atoms with van der Waals surface area (Å²) in [4.78, 5) is 22.4. The van der Waals surface area contributed by atoms with E-state index < -0.39 is 0 Å². The van der Waals surface area contributed by atoms with Crippen LogP contribution in [0.4, 0.5) is 4.39 Å². The van der Waals surface area contributed by atoms with Crippen LogP contribution in [0.1, 0.15) is 41.3 Å². The zero-order valence-corrected chi connectivity index (χ0v) is 19.7. The average Bonchev–Trinajstić information content (AvgIpc) is 3.14. The topological polar surface area (TPSA) is 60.7 Å². The third kappa shape index (κ3) is 4.29. The monoisotopic (exact) mass is 455 g/mol. The van der Waals surface area contributed by atoms with Crippen LogP contribution in [0.25, 0.3) is 0 Å². The quantitative estimate of drug-likeness (QED) is 0.701. The fourth-order valence-corrected chi connectivity index (χ4v) is 5.58. The van der Waals surface area contributed by atoms with Gasteiger partial charge in [0, 0.05) is 52.4 Å². The predicted octanol–water partition coefficient (Wildman–Crippen LogP) is 1.63. The zero-order chi connectivity index (χ0) is 23.0. The van der Waals surface area contributed by atoms with Gasteiger partial charge in [-0.1, -0.05) is 12.1 Å². The number of rotatable bonds is 3. The van der Waals surface area contributed by atoms with E-state index in [4.69, 9.17) is 0 Å². The number of likely N-dealkylation sites (tertiary alicyclic amines) is 1. The molecule has 3 aliphatic rings. The molecule has 8 nitrogen and oxygen atoms in total. The van der Waals surface area contributed by atoms with Gasteiger partial charge in [0.25, 0.3) is 5.91 Å². The Kier molecular flexibility index (Phi) is 6.20. The van der Waals surface area contributed by atoms with Gasteiger partial charge in [-0.3, -0.25) is 14.6 Å². The van der Waals surface area contributed by atoms with Crippen molar-refractivity contribution in [2.45, 2.75) is 37.9 Å². The van der Waals surface area contributed by atoms with Gasteiger partial charge in [0.1, 0.15) is 5.82 Å². The van der Waals surface area contributed by atoms with Crippen LogP contribution in [0.3, 0.4) is 0 Å². The summed E-state index contributed by atoms with van der Waals surface area (Å²) in [6.07, 6.45) is 2.86. The van der Waals surface area contributed by atoms with Gasteiger partial charge < -0.3 is 14.4 Å². The fraction of sp³-hybridized carbons (Fsp3) is 0.625. The molecule has 1 spiro atoms. The Bertz CT molecular complexity index is 983. The third-order valence-electron chi connectivity index (χ3n) is 7.76. The molecule has 0 atom stereocenters. The molecule has 5 rings (SSSR count). The third-order valence-corrected chi connectivity index (χ3v) is 7.76. The Labute approximate surface area is 195 Å². The van der Waals surface area contributed by atoms with Crippen LogP contribution in [-0.4, -0.2) is 100 Å². The number of halogens is 1. The highest BCUT2D eigenvalue weighted by Crippen LogP contribution is 2.40. The number of likely N-dealkylation sites (N-methyl/N-ethyl adjacent to an activating group) is 2. The van der Waals surface area contributed by atoms with E-state index >= 15 is 0 Å². The molecule has 33 heavy (non-hydrogen) atoms. The van der Waals surface area contributed by atoms with Crippen molar-refractivity contribution in [1.29, 1.82) is 0 Å². The molecule has 2 aromatic rings. The van der Waals surface area contributed by atoms with Crippen molar-refractivity contribution in [1.82, 2.24) is 34.4 Å². The minimum absolute atomic E-state index is 0.0116. The lowest BCUT2D eigenvalue weighted by Crippen LogP contribution is -2.56. The van der Waals surface area contributed by atoms with Crippen LogP contribution in [0.5, 0.6) is 0 Å². The molecular formula is C24H34FN7O. The van der Waals surface area contributed by atoms with Crippen molar-refractivity contribution >= 4 is 5.91 Å². The van der Waals surface area contributed by atoms with E-state index in [1.807, 2.05) is 17.0 Å². The predicted molar refractivity (Wildman–Crippen MR) is 123 cm³/mol. The molecule has 9 heteroatoms. The summed E-state index contributed by atoms with van der Waals surface area (Å²) >= 11 is 0. The maximum atomic E-state index is 13.4. The molecule has 0 bridgehead atoms. The summed E-state index contributed by atoms with van der Waals surface area (Å²) in [5.41, 5.74) is 0.936. The van der Waals surface area contributed by atoms with Crippen LogP contribution in [0, 0.1) is 5.82 Å². The van der Waals surface area contributed by atoms with Crippen molar-refractivity contribution in [3.8, 4) is 0 Å². The largest absolute Gasteiger partial charge is 0.335 e. The van der Waals surface area contributed by atoms with Crippen LogP contribution in [0.2, 0.25) is 0 Å². The number of carbonyl (C=O) groups excluding carboxylic acids is 1. The van der Waals surface area contributed by atoms with Crippen molar-refractivity contribution in [2.75, 3.05) is 59.9 Å². The minimum atomic E-state index is -0.197. The van der Waals surface area contributed by atoms with E-state index in [1.54, 1.807) is 0 Å². The molecule has 3 aliphatic heterocycles. The summed E-state index contributed by atoms with van der Waals surface area (Å²) in [5.74, 6) is 1.25. The second kappa shape index (κ2) is 9.12. The summed E-state index contributed by atoms with van der Waals surface area (Å²) in [6.45, 7) is 7.72. The fourth-order valence-electron chi connectivity index (χ4n) is 5.58. The Balaban J connectivity index is 1.32. The zero-order valence-electron chi connectivity index (χ0n) is 19.7. The molecule has 2 fully saturated rings. The molecule has 0 saturated carbocycles. The standard InChI is InChI=1S/C24H34FN7O/c1-28-10-3-11-31(16-14-28)22(33)21-26-27-23-24(29(2)15-17-32(21)23)8-12-30(13-9-24)18-19-4-6-20(25)7-5-19/h4-7H,3,8-18H2,1-2H3. The number of carbonyl (C=O) groups is 1. The lowest BCUT2D eigenvalue weighted by Gasteiger charge is -2.49. The molecule has 178 valence electrons. The van der Waals surface area contributed by atoms with Gasteiger partial charge in [-0.25, -0.2) is 4.39 Å². The molecule has 2 saturated heterocycles. The Morgan fingerprint density at radius 2 is 1.70 bits per heavy atom. The number of amides is 1. The van der Waals surface area contributed by atoms with Crippen molar-refractivity contribution in [3.05, 3.63) is 47.3 Å².